The number of anilines is 1. The number of alkyl halides is 3. The zero-order valence-electron chi connectivity index (χ0n) is 16.1. The van der Waals surface area contributed by atoms with Gasteiger partial charge in [0.15, 0.2) is 0 Å². The molecule has 2 N–H and O–H groups in total. The van der Waals surface area contributed by atoms with Crippen LogP contribution in [0.15, 0.2) is 78.9 Å². The first kappa shape index (κ1) is 22.0. The first-order chi connectivity index (χ1) is 14.8. The summed E-state index contributed by atoms with van der Waals surface area (Å²) in [6, 6.07) is 18.3. The Kier molecular flexibility index (Phi) is 6.71. The second-order valence-electron chi connectivity index (χ2n) is 6.62. The largest absolute Gasteiger partial charge is 0.444 e. The third-order valence-corrected chi connectivity index (χ3v) is 4.39. The van der Waals surface area contributed by atoms with E-state index in [2.05, 4.69) is 5.32 Å². The number of amides is 1. The van der Waals surface area contributed by atoms with E-state index in [1.807, 2.05) is 0 Å². The van der Waals surface area contributed by atoms with Crippen molar-refractivity contribution in [2.45, 2.75) is 18.9 Å². The Bertz CT molecular complexity index is 1050. The number of esters is 1. The number of aliphatic hydroxyl groups is 1. The van der Waals surface area contributed by atoms with E-state index in [0.717, 1.165) is 12.1 Å². The van der Waals surface area contributed by atoms with Crippen molar-refractivity contribution in [3.63, 3.8) is 0 Å². The van der Waals surface area contributed by atoms with Crippen molar-refractivity contribution >= 4 is 17.6 Å². The van der Waals surface area contributed by atoms with Crippen LogP contribution in [-0.4, -0.2) is 17.0 Å². The lowest BCUT2D eigenvalue weighted by atomic mass is 10.1. The standard InChI is InChI=1S/C23H18F3NO4/c24-23(25,26)18-7-4-8-19(13-18)27-21(29)20(16-5-2-1-3-6-16)31-22(30)17-11-9-15(14-28)10-12-17/h1-13,20,28H,14H2,(H,27,29). The molecule has 0 fully saturated rings. The monoisotopic (exact) mass is 429 g/mol. The Labute approximate surface area is 176 Å². The molecule has 1 amide bonds. The van der Waals surface area contributed by atoms with E-state index in [1.165, 1.54) is 36.4 Å². The van der Waals surface area contributed by atoms with E-state index in [0.29, 0.717) is 11.1 Å². The zero-order valence-corrected chi connectivity index (χ0v) is 16.1. The SMILES string of the molecule is O=C(OC(C(=O)Nc1cccc(C(F)(F)F)c1)c1ccccc1)c1ccc(CO)cc1. The fourth-order valence-corrected chi connectivity index (χ4v) is 2.80. The Hall–Kier alpha value is -3.65. The third kappa shape index (κ3) is 5.70. The highest BCUT2D eigenvalue weighted by Crippen LogP contribution is 2.31. The van der Waals surface area contributed by atoms with Crippen LogP contribution in [0.2, 0.25) is 0 Å². The maximum Gasteiger partial charge on any atom is 0.416 e. The van der Waals surface area contributed by atoms with Gasteiger partial charge in [-0.3, -0.25) is 4.79 Å². The zero-order chi connectivity index (χ0) is 22.4. The lowest BCUT2D eigenvalue weighted by Gasteiger charge is -2.19. The lowest BCUT2D eigenvalue weighted by Crippen LogP contribution is -2.26. The molecule has 0 saturated heterocycles. The van der Waals surface area contributed by atoms with E-state index in [4.69, 9.17) is 9.84 Å². The number of rotatable bonds is 6. The van der Waals surface area contributed by atoms with Gasteiger partial charge in [-0.1, -0.05) is 48.5 Å². The topological polar surface area (TPSA) is 75.6 Å². The van der Waals surface area contributed by atoms with Crippen molar-refractivity contribution in [1.29, 1.82) is 0 Å². The minimum absolute atomic E-state index is 0.0795. The quantitative estimate of drug-likeness (QED) is 0.556. The van der Waals surface area contributed by atoms with Gasteiger partial charge in [0, 0.05) is 11.3 Å². The van der Waals surface area contributed by atoms with E-state index in [1.54, 1.807) is 30.3 Å². The van der Waals surface area contributed by atoms with Crippen LogP contribution in [0.4, 0.5) is 18.9 Å². The summed E-state index contributed by atoms with van der Waals surface area (Å²) in [5.74, 6) is -1.59. The van der Waals surface area contributed by atoms with Crippen LogP contribution in [0.3, 0.4) is 0 Å². The molecule has 0 aliphatic carbocycles. The third-order valence-electron chi connectivity index (χ3n) is 4.39. The van der Waals surface area contributed by atoms with Crippen LogP contribution in [0, 0.1) is 0 Å². The van der Waals surface area contributed by atoms with Gasteiger partial charge in [-0.2, -0.15) is 13.2 Å². The van der Waals surface area contributed by atoms with E-state index in [9.17, 15) is 22.8 Å². The lowest BCUT2D eigenvalue weighted by molar-refractivity contribution is -0.137. The maximum atomic E-state index is 12.9. The van der Waals surface area contributed by atoms with Gasteiger partial charge in [-0.25, -0.2) is 4.79 Å². The molecule has 0 radical (unpaired) electrons. The van der Waals surface area contributed by atoms with E-state index < -0.39 is 29.7 Å². The molecular formula is C23H18F3NO4. The number of hydrogen-bond donors (Lipinski definition) is 2. The van der Waals surface area contributed by atoms with Crippen LogP contribution in [0.1, 0.15) is 33.2 Å². The molecule has 3 rings (SSSR count). The van der Waals surface area contributed by atoms with Gasteiger partial charge in [0.2, 0.25) is 6.10 Å². The van der Waals surface area contributed by atoms with Crippen molar-refractivity contribution in [2.75, 3.05) is 5.32 Å². The predicted molar refractivity (Wildman–Crippen MR) is 107 cm³/mol. The molecule has 0 aliphatic rings. The molecule has 31 heavy (non-hydrogen) atoms. The summed E-state index contributed by atoms with van der Waals surface area (Å²) in [6.07, 6.45) is -5.95. The Morgan fingerprint density at radius 2 is 1.61 bits per heavy atom. The molecular weight excluding hydrogens is 411 g/mol. The smallest absolute Gasteiger partial charge is 0.416 e. The second kappa shape index (κ2) is 9.44. The first-order valence-corrected chi connectivity index (χ1v) is 9.22. The summed E-state index contributed by atoms with van der Waals surface area (Å²) in [6.45, 7) is -0.193. The molecule has 1 atom stereocenters. The Morgan fingerprint density at radius 1 is 0.935 bits per heavy atom. The van der Waals surface area contributed by atoms with E-state index >= 15 is 0 Å². The van der Waals surface area contributed by atoms with Crippen molar-refractivity contribution in [1.82, 2.24) is 0 Å². The Balaban J connectivity index is 1.83. The van der Waals surface area contributed by atoms with Gasteiger partial charge in [0.25, 0.3) is 5.91 Å². The molecule has 0 spiro atoms. The highest BCUT2D eigenvalue weighted by Gasteiger charge is 2.31. The van der Waals surface area contributed by atoms with Crippen LogP contribution in [0.5, 0.6) is 0 Å². The fourth-order valence-electron chi connectivity index (χ4n) is 2.80. The summed E-state index contributed by atoms with van der Waals surface area (Å²) in [5, 5.41) is 11.5. The maximum absolute atomic E-state index is 12.9. The number of carbonyl (C=O) groups is 2. The van der Waals surface area contributed by atoms with Crippen LogP contribution < -0.4 is 5.32 Å². The summed E-state index contributed by atoms with van der Waals surface area (Å²) in [4.78, 5) is 25.4. The number of aliphatic hydroxyl groups excluding tert-OH is 1. The summed E-state index contributed by atoms with van der Waals surface area (Å²) < 4.78 is 44.2. The number of carbonyl (C=O) groups excluding carboxylic acids is 2. The highest BCUT2D eigenvalue weighted by molar-refractivity contribution is 5.98. The number of ether oxygens (including phenoxy) is 1. The average molecular weight is 429 g/mol. The minimum Gasteiger partial charge on any atom is -0.444 e. The number of benzene rings is 3. The van der Waals surface area contributed by atoms with Gasteiger partial charge in [0.05, 0.1) is 17.7 Å². The molecule has 1 unspecified atom stereocenters. The fraction of sp³-hybridized carbons (Fsp3) is 0.130. The molecule has 160 valence electrons. The van der Waals surface area contributed by atoms with Gasteiger partial charge in [-0.15, -0.1) is 0 Å². The molecule has 0 aliphatic heterocycles. The molecule has 3 aromatic carbocycles. The highest BCUT2D eigenvalue weighted by atomic mass is 19.4. The first-order valence-electron chi connectivity index (χ1n) is 9.22. The second-order valence-corrected chi connectivity index (χ2v) is 6.62. The van der Waals surface area contributed by atoms with Crippen molar-refractivity contribution < 1.29 is 32.6 Å². The molecule has 0 heterocycles. The predicted octanol–water partition coefficient (Wildman–Crippen LogP) is 4.73. The van der Waals surface area contributed by atoms with Crippen LogP contribution in [-0.2, 0) is 22.3 Å². The molecule has 8 heteroatoms. The van der Waals surface area contributed by atoms with E-state index in [-0.39, 0.29) is 17.9 Å². The molecule has 5 nitrogen and oxygen atoms in total. The van der Waals surface area contributed by atoms with Crippen molar-refractivity contribution in [2.24, 2.45) is 0 Å². The van der Waals surface area contributed by atoms with Gasteiger partial charge in [0.1, 0.15) is 0 Å². The van der Waals surface area contributed by atoms with Crippen molar-refractivity contribution in [3.8, 4) is 0 Å². The van der Waals surface area contributed by atoms with Gasteiger partial charge < -0.3 is 15.2 Å². The number of hydrogen-bond acceptors (Lipinski definition) is 4. The summed E-state index contributed by atoms with van der Waals surface area (Å²) in [5.41, 5.74) is 0.113. The summed E-state index contributed by atoms with van der Waals surface area (Å²) >= 11 is 0. The normalized spacial score (nSPS) is 12.1. The summed E-state index contributed by atoms with van der Waals surface area (Å²) in [7, 11) is 0. The molecule has 0 saturated carbocycles. The van der Waals surface area contributed by atoms with Gasteiger partial charge in [-0.05, 0) is 35.9 Å². The van der Waals surface area contributed by atoms with Crippen molar-refractivity contribution in [3.05, 3.63) is 101 Å². The van der Waals surface area contributed by atoms with Gasteiger partial charge >= 0.3 is 12.1 Å². The number of nitrogens with one attached hydrogen (secondary N) is 1. The average Bonchev–Trinajstić information content (AvgIpc) is 2.77. The minimum atomic E-state index is -4.56. The number of halogens is 3. The van der Waals surface area contributed by atoms with Crippen LogP contribution >= 0.6 is 0 Å². The van der Waals surface area contributed by atoms with Crippen LogP contribution in [0.25, 0.3) is 0 Å². The Morgan fingerprint density at radius 3 is 2.23 bits per heavy atom. The molecule has 3 aromatic rings. The molecule has 0 bridgehead atoms. The molecule has 0 aromatic heterocycles.